The average Bonchev–Trinajstić information content (AvgIpc) is 2.25. The molecule has 1 aliphatic heterocycles. The van der Waals surface area contributed by atoms with Crippen molar-refractivity contribution in [2.24, 2.45) is 0 Å². The fourth-order valence-corrected chi connectivity index (χ4v) is 2.07. The summed E-state index contributed by atoms with van der Waals surface area (Å²) in [5.74, 6) is 0.571. The van der Waals surface area contributed by atoms with Crippen LogP contribution in [0.4, 0.5) is 4.39 Å². The summed E-state index contributed by atoms with van der Waals surface area (Å²) in [6, 6.07) is 5.53. The van der Waals surface area contributed by atoms with E-state index in [9.17, 15) is 4.39 Å². The standard InChI is InChI=1S/C12H15ClFNO/c1-8-2-3-11(9(13)6-8)16-12-4-5-15-7-10(12)14/h2-3,6,10,12,15H,4-5,7H2,1H3/t10-,12-/m0/s1. The highest BCUT2D eigenvalue weighted by Gasteiger charge is 2.26. The molecule has 1 aliphatic rings. The maximum absolute atomic E-state index is 13.5. The zero-order chi connectivity index (χ0) is 11.5. The zero-order valence-corrected chi connectivity index (χ0v) is 9.93. The summed E-state index contributed by atoms with van der Waals surface area (Å²) in [4.78, 5) is 0. The van der Waals surface area contributed by atoms with E-state index in [1.54, 1.807) is 6.07 Å². The number of halogens is 2. The second kappa shape index (κ2) is 5.02. The third-order valence-electron chi connectivity index (χ3n) is 2.71. The van der Waals surface area contributed by atoms with Gasteiger partial charge in [0.2, 0.25) is 0 Å². The lowest BCUT2D eigenvalue weighted by atomic mass is 10.1. The van der Waals surface area contributed by atoms with Crippen LogP contribution in [-0.4, -0.2) is 25.4 Å². The second-order valence-corrected chi connectivity index (χ2v) is 4.51. The van der Waals surface area contributed by atoms with Crippen LogP contribution in [0.5, 0.6) is 5.75 Å². The molecule has 16 heavy (non-hydrogen) atoms. The zero-order valence-electron chi connectivity index (χ0n) is 9.17. The van der Waals surface area contributed by atoms with Gasteiger partial charge in [-0.15, -0.1) is 0 Å². The van der Waals surface area contributed by atoms with Crippen molar-refractivity contribution in [1.29, 1.82) is 0 Å². The predicted molar refractivity (Wildman–Crippen MR) is 63.0 cm³/mol. The fraction of sp³-hybridized carbons (Fsp3) is 0.500. The third-order valence-corrected chi connectivity index (χ3v) is 3.01. The Balaban J connectivity index is 2.07. The number of ether oxygens (including phenoxy) is 1. The van der Waals surface area contributed by atoms with Crippen molar-refractivity contribution in [2.75, 3.05) is 13.1 Å². The van der Waals surface area contributed by atoms with Crippen molar-refractivity contribution in [3.63, 3.8) is 0 Å². The molecule has 1 saturated heterocycles. The normalized spacial score (nSPS) is 25.4. The van der Waals surface area contributed by atoms with Gasteiger partial charge in [-0.05, 0) is 37.6 Å². The first-order valence-electron chi connectivity index (χ1n) is 5.44. The van der Waals surface area contributed by atoms with E-state index < -0.39 is 6.17 Å². The Labute approximate surface area is 99.7 Å². The minimum atomic E-state index is -0.967. The van der Waals surface area contributed by atoms with Gasteiger partial charge in [0.05, 0.1) is 5.02 Å². The molecule has 0 spiro atoms. The lowest BCUT2D eigenvalue weighted by Gasteiger charge is -2.27. The maximum atomic E-state index is 13.5. The van der Waals surface area contributed by atoms with E-state index in [0.717, 1.165) is 12.1 Å². The van der Waals surface area contributed by atoms with E-state index in [1.165, 1.54) is 0 Å². The van der Waals surface area contributed by atoms with Gasteiger partial charge in [0, 0.05) is 6.54 Å². The lowest BCUT2D eigenvalue weighted by molar-refractivity contribution is 0.0732. The topological polar surface area (TPSA) is 21.3 Å². The molecule has 1 heterocycles. The number of rotatable bonds is 2. The molecule has 0 unspecified atom stereocenters. The molecule has 4 heteroatoms. The summed E-state index contributed by atoms with van der Waals surface area (Å²) in [7, 11) is 0. The number of benzene rings is 1. The average molecular weight is 244 g/mol. The first-order valence-corrected chi connectivity index (χ1v) is 5.82. The number of nitrogens with one attached hydrogen (secondary N) is 1. The molecule has 2 rings (SSSR count). The quantitative estimate of drug-likeness (QED) is 0.863. The smallest absolute Gasteiger partial charge is 0.149 e. The number of alkyl halides is 1. The molecule has 88 valence electrons. The van der Waals surface area contributed by atoms with E-state index >= 15 is 0 Å². The molecule has 0 aromatic heterocycles. The van der Waals surface area contributed by atoms with Gasteiger partial charge in [-0.2, -0.15) is 0 Å². The van der Waals surface area contributed by atoms with E-state index in [2.05, 4.69) is 5.32 Å². The van der Waals surface area contributed by atoms with Crippen LogP contribution >= 0.6 is 11.6 Å². The van der Waals surface area contributed by atoms with E-state index in [4.69, 9.17) is 16.3 Å². The molecule has 1 aromatic carbocycles. The van der Waals surface area contributed by atoms with Crippen molar-refractivity contribution >= 4 is 11.6 Å². The molecule has 0 bridgehead atoms. The van der Waals surface area contributed by atoms with Gasteiger partial charge in [0.25, 0.3) is 0 Å². The van der Waals surface area contributed by atoms with Crippen LogP contribution < -0.4 is 10.1 Å². The number of hydrogen-bond acceptors (Lipinski definition) is 2. The van der Waals surface area contributed by atoms with Gasteiger partial charge in [-0.3, -0.25) is 0 Å². The molecule has 2 atom stereocenters. The highest BCUT2D eigenvalue weighted by molar-refractivity contribution is 6.32. The van der Waals surface area contributed by atoms with E-state index in [-0.39, 0.29) is 6.10 Å². The predicted octanol–water partition coefficient (Wildman–Crippen LogP) is 2.73. The van der Waals surface area contributed by atoms with Crippen LogP contribution in [-0.2, 0) is 0 Å². The Kier molecular flexibility index (Phi) is 3.66. The van der Waals surface area contributed by atoms with Gasteiger partial charge in [0.15, 0.2) is 0 Å². The minimum Gasteiger partial charge on any atom is -0.486 e. The molecule has 1 N–H and O–H groups in total. The third kappa shape index (κ3) is 2.66. The number of piperidine rings is 1. The Morgan fingerprint density at radius 3 is 3.00 bits per heavy atom. The Morgan fingerprint density at radius 2 is 2.31 bits per heavy atom. The molecule has 2 nitrogen and oxygen atoms in total. The first-order chi connectivity index (χ1) is 7.66. The molecule has 0 saturated carbocycles. The van der Waals surface area contributed by atoms with Crippen molar-refractivity contribution in [3.05, 3.63) is 28.8 Å². The summed E-state index contributed by atoms with van der Waals surface area (Å²) in [6.07, 6.45) is -0.682. The van der Waals surface area contributed by atoms with Crippen LogP contribution in [0.1, 0.15) is 12.0 Å². The SMILES string of the molecule is Cc1ccc(O[C@H]2CCNC[C@@H]2F)c(Cl)c1. The van der Waals surface area contributed by atoms with E-state index in [1.807, 2.05) is 19.1 Å². The molecular formula is C12H15ClFNO. The van der Waals surface area contributed by atoms with Crippen molar-refractivity contribution in [3.8, 4) is 5.75 Å². The Hall–Kier alpha value is -0.800. The molecule has 0 radical (unpaired) electrons. The Morgan fingerprint density at radius 1 is 1.50 bits per heavy atom. The monoisotopic (exact) mass is 243 g/mol. The van der Waals surface area contributed by atoms with Crippen molar-refractivity contribution in [2.45, 2.75) is 25.6 Å². The first kappa shape index (κ1) is 11.7. The molecule has 1 aromatic rings. The van der Waals surface area contributed by atoms with Crippen molar-refractivity contribution < 1.29 is 9.13 Å². The summed E-state index contributed by atoms with van der Waals surface area (Å²) in [5, 5.41) is 3.53. The molecule has 0 amide bonds. The lowest BCUT2D eigenvalue weighted by Crippen LogP contribution is -2.44. The largest absolute Gasteiger partial charge is 0.486 e. The number of hydrogen-bond donors (Lipinski definition) is 1. The van der Waals surface area contributed by atoms with Crippen molar-refractivity contribution in [1.82, 2.24) is 5.32 Å². The van der Waals surface area contributed by atoms with Crippen LogP contribution in [0.3, 0.4) is 0 Å². The minimum absolute atomic E-state index is 0.355. The van der Waals surface area contributed by atoms with E-state index in [0.29, 0.717) is 23.7 Å². The van der Waals surface area contributed by atoms with Gasteiger partial charge < -0.3 is 10.1 Å². The van der Waals surface area contributed by atoms with Crippen LogP contribution in [0.2, 0.25) is 5.02 Å². The summed E-state index contributed by atoms with van der Waals surface area (Å²) in [5.41, 5.74) is 1.07. The summed E-state index contributed by atoms with van der Waals surface area (Å²) < 4.78 is 19.1. The maximum Gasteiger partial charge on any atom is 0.149 e. The van der Waals surface area contributed by atoms with Crippen LogP contribution in [0.15, 0.2) is 18.2 Å². The van der Waals surface area contributed by atoms with Gasteiger partial charge in [0.1, 0.15) is 18.0 Å². The Bertz CT molecular complexity index is 372. The fourth-order valence-electron chi connectivity index (χ4n) is 1.79. The number of aryl methyl sites for hydroxylation is 1. The molecule has 1 fully saturated rings. The second-order valence-electron chi connectivity index (χ2n) is 4.10. The molecular weight excluding hydrogens is 229 g/mol. The van der Waals surface area contributed by atoms with Gasteiger partial charge >= 0.3 is 0 Å². The highest BCUT2D eigenvalue weighted by Crippen LogP contribution is 2.28. The molecule has 0 aliphatic carbocycles. The van der Waals surface area contributed by atoms with Gasteiger partial charge in [-0.1, -0.05) is 17.7 Å². The van der Waals surface area contributed by atoms with Gasteiger partial charge in [-0.25, -0.2) is 4.39 Å². The summed E-state index contributed by atoms with van der Waals surface area (Å²) in [6.45, 7) is 3.10. The highest BCUT2D eigenvalue weighted by atomic mass is 35.5. The van der Waals surface area contributed by atoms with Crippen LogP contribution in [0.25, 0.3) is 0 Å². The van der Waals surface area contributed by atoms with Crippen LogP contribution in [0, 0.1) is 6.92 Å². The summed E-state index contributed by atoms with van der Waals surface area (Å²) >= 11 is 6.03.